The number of ether oxygens (including phenoxy) is 3. The molecule has 2 amide bonds. The van der Waals surface area contributed by atoms with Crippen molar-refractivity contribution in [1.29, 1.82) is 0 Å². The smallest absolute Gasteiger partial charge is 0.338 e. The van der Waals surface area contributed by atoms with Crippen molar-refractivity contribution in [1.82, 2.24) is 20.4 Å². The lowest BCUT2D eigenvalue weighted by Gasteiger charge is -2.32. The van der Waals surface area contributed by atoms with Gasteiger partial charge >= 0.3 is 12.0 Å². The number of amides is 2. The molecule has 1 aromatic carbocycles. The Balaban J connectivity index is 1.98. The average molecular weight is 447 g/mol. The van der Waals surface area contributed by atoms with Crippen LogP contribution in [0.3, 0.4) is 0 Å². The summed E-state index contributed by atoms with van der Waals surface area (Å²) in [7, 11) is 3.67. The molecule has 1 saturated heterocycles. The number of nitrogens with one attached hydrogen (secondary N) is 2. The van der Waals surface area contributed by atoms with Gasteiger partial charge in [0.05, 0.1) is 31.9 Å². The number of rotatable bonds is 8. The van der Waals surface area contributed by atoms with Crippen LogP contribution in [-0.2, 0) is 9.53 Å². The van der Waals surface area contributed by atoms with Crippen molar-refractivity contribution in [3.8, 4) is 11.5 Å². The molecule has 2 heterocycles. The molecular weight excluding hydrogens is 412 g/mol. The van der Waals surface area contributed by atoms with E-state index < -0.39 is 12.0 Å². The van der Waals surface area contributed by atoms with E-state index >= 15 is 0 Å². The van der Waals surface area contributed by atoms with Gasteiger partial charge in [0.2, 0.25) is 0 Å². The first-order chi connectivity index (χ1) is 15.5. The summed E-state index contributed by atoms with van der Waals surface area (Å²) in [4.78, 5) is 30.2. The minimum absolute atomic E-state index is 0.247. The fraction of sp³-hybridized carbons (Fsp3) is 0.565. The molecule has 1 aromatic rings. The molecule has 2 N–H and O–H groups in total. The van der Waals surface area contributed by atoms with Crippen LogP contribution in [0.4, 0.5) is 4.79 Å². The highest BCUT2D eigenvalue weighted by Gasteiger charge is 2.35. The van der Waals surface area contributed by atoms with E-state index in [1.54, 1.807) is 26.2 Å². The van der Waals surface area contributed by atoms with E-state index in [0.717, 1.165) is 38.2 Å². The molecule has 0 bridgehead atoms. The van der Waals surface area contributed by atoms with Crippen LogP contribution in [0.25, 0.3) is 0 Å². The maximum absolute atomic E-state index is 13.0. The molecule has 176 valence electrons. The molecule has 0 aliphatic carbocycles. The van der Waals surface area contributed by atoms with Gasteiger partial charge in [-0.2, -0.15) is 0 Å². The molecule has 0 spiro atoms. The number of urea groups is 1. The highest BCUT2D eigenvalue weighted by Crippen LogP contribution is 2.34. The lowest BCUT2D eigenvalue weighted by Crippen LogP contribution is -2.48. The summed E-state index contributed by atoms with van der Waals surface area (Å²) in [5.74, 6) is 0.701. The molecule has 0 aromatic heterocycles. The number of carbonyl (C=O) groups excluding carboxylic acids is 2. The van der Waals surface area contributed by atoms with Gasteiger partial charge in [-0.25, -0.2) is 9.59 Å². The first-order valence-corrected chi connectivity index (χ1v) is 11.2. The van der Waals surface area contributed by atoms with Crippen LogP contribution in [0, 0.1) is 0 Å². The number of carbonyl (C=O) groups is 2. The molecular formula is C23H34N4O5. The topological polar surface area (TPSA) is 92.4 Å². The third kappa shape index (κ3) is 5.72. The Kier molecular flexibility index (Phi) is 8.35. The Hall–Kier alpha value is -2.78. The third-order valence-corrected chi connectivity index (χ3v) is 5.66. The largest absolute Gasteiger partial charge is 0.493 e. The van der Waals surface area contributed by atoms with Gasteiger partial charge in [0.15, 0.2) is 11.5 Å². The summed E-state index contributed by atoms with van der Waals surface area (Å²) in [6.07, 6.45) is 1.03. The van der Waals surface area contributed by atoms with Crippen LogP contribution < -0.4 is 20.1 Å². The number of hydrogen-bond donors (Lipinski definition) is 2. The molecule has 32 heavy (non-hydrogen) atoms. The second-order valence-corrected chi connectivity index (χ2v) is 7.92. The SMILES string of the molecule is CCOC(=O)C1=C(CN2CCCN(C)CC2)NC(=O)NC1c1ccc(OCC)c(OC)c1. The summed E-state index contributed by atoms with van der Waals surface area (Å²) in [5.41, 5.74) is 1.71. The van der Waals surface area contributed by atoms with Gasteiger partial charge in [-0.3, -0.25) is 4.90 Å². The van der Waals surface area contributed by atoms with Crippen molar-refractivity contribution < 1.29 is 23.8 Å². The van der Waals surface area contributed by atoms with Gasteiger partial charge < -0.3 is 29.7 Å². The molecule has 1 unspecified atom stereocenters. The first-order valence-electron chi connectivity index (χ1n) is 11.2. The molecule has 1 atom stereocenters. The molecule has 9 heteroatoms. The molecule has 0 radical (unpaired) electrons. The predicted octanol–water partition coefficient (Wildman–Crippen LogP) is 1.90. The second kappa shape index (κ2) is 11.2. The zero-order valence-corrected chi connectivity index (χ0v) is 19.4. The van der Waals surface area contributed by atoms with E-state index in [0.29, 0.717) is 35.9 Å². The van der Waals surface area contributed by atoms with Gasteiger partial charge in [0.1, 0.15) is 0 Å². The van der Waals surface area contributed by atoms with Crippen LogP contribution in [0.5, 0.6) is 11.5 Å². The molecule has 9 nitrogen and oxygen atoms in total. The number of benzene rings is 1. The minimum atomic E-state index is -0.656. The summed E-state index contributed by atoms with van der Waals surface area (Å²) >= 11 is 0. The normalized spacial score (nSPS) is 20.2. The fourth-order valence-electron chi connectivity index (χ4n) is 4.06. The van der Waals surface area contributed by atoms with Crippen molar-refractivity contribution in [3.05, 3.63) is 35.0 Å². The Labute approximate surface area is 189 Å². The average Bonchev–Trinajstić information content (AvgIpc) is 2.98. The van der Waals surface area contributed by atoms with Crippen LogP contribution in [0.2, 0.25) is 0 Å². The van der Waals surface area contributed by atoms with Crippen molar-refractivity contribution in [2.45, 2.75) is 26.3 Å². The van der Waals surface area contributed by atoms with Gasteiger partial charge in [-0.1, -0.05) is 6.07 Å². The van der Waals surface area contributed by atoms with E-state index in [4.69, 9.17) is 14.2 Å². The fourth-order valence-corrected chi connectivity index (χ4v) is 4.06. The second-order valence-electron chi connectivity index (χ2n) is 7.92. The van der Waals surface area contributed by atoms with Crippen molar-refractivity contribution in [2.75, 3.05) is 60.1 Å². The maximum atomic E-state index is 13.0. The third-order valence-electron chi connectivity index (χ3n) is 5.66. The molecule has 0 saturated carbocycles. The lowest BCUT2D eigenvalue weighted by atomic mass is 9.94. The maximum Gasteiger partial charge on any atom is 0.338 e. The minimum Gasteiger partial charge on any atom is -0.493 e. The van der Waals surface area contributed by atoms with E-state index in [2.05, 4.69) is 27.5 Å². The standard InChI is InChI=1S/C23H34N4O5/c1-5-31-18-9-8-16(14-19(18)30-4)21-20(22(28)32-6-2)17(24-23(29)25-21)15-27-11-7-10-26(3)12-13-27/h8-9,14,21H,5-7,10-13,15H2,1-4H3,(H2,24,25,29). The zero-order chi connectivity index (χ0) is 23.1. The summed E-state index contributed by atoms with van der Waals surface area (Å²) in [6.45, 7) is 8.62. The monoisotopic (exact) mass is 446 g/mol. The summed E-state index contributed by atoms with van der Waals surface area (Å²) in [5, 5.41) is 5.74. The highest BCUT2D eigenvalue weighted by atomic mass is 16.5. The van der Waals surface area contributed by atoms with Crippen molar-refractivity contribution in [2.24, 2.45) is 0 Å². The van der Waals surface area contributed by atoms with Gasteiger partial charge in [-0.05, 0) is 58.1 Å². The Morgan fingerprint density at radius 3 is 2.66 bits per heavy atom. The molecule has 2 aliphatic heterocycles. The Morgan fingerprint density at radius 2 is 1.94 bits per heavy atom. The van der Waals surface area contributed by atoms with Crippen molar-refractivity contribution in [3.63, 3.8) is 0 Å². The summed E-state index contributed by atoms with van der Waals surface area (Å²) < 4.78 is 16.5. The highest BCUT2D eigenvalue weighted by molar-refractivity contribution is 5.95. The number of nitrogens with zero attached hydrogens (tertiary/aromatic N) is 2. The Morgan fingerprint density at radius 1 is 1.12 bits per heavy atom. The van der Waals surface area contributed by atoms with Gasteiger partial charge in [0.25, 0.3) is 0 Å². The summed E-state index contributed by atoms with van der Waals surface area (Å²) in [6, 6.07) is 4.41. The van der Waals surface area contributed by atoms with Crippen LogP contribution in [0.15, 0.2) is 29.5 Å². The van der Waals surface area contributed by atoms with Gasteiger partial charge in [-0.15, -0.1) is 0 Å². The number of likely N-dealkylation sites (N-methyl/N-ethyl adjacent to an activating group) is 1. The van der Waals surface area contributed by atoms with Crippen LogP contribution >= 0.6 is 0 Å². The predicted molar refractivity (Wildman–Crippen MR) is 121 cm³/mol. The van der Waals surface area contributed by atoms with Crippen LogP contribution in [-0.4, -0.2) is 81.9 Å². The lowest BCUT2D eigenvalue weighted by molar-refractivity contribution is -0.139. The van der Waals surface area contributed by atoms with E-state index in [9.17, 15) is 9.59 Å². The number of methoxy groups -OCH3 is 1. The van der Waals surface area contributed by atoms with E-state index in [1.807, 2.05) is 13.0 Å². The molecule has 1 fully saturated rings. The van der Waals surface area contributed by atoms with Crippen molar-refractivity contribution >= 4 is 12.0 Å². The Bertz CT molecular complexity index is 857. The molecule has 3 rings (SSSR count). The van der Waals surface area contributed by atoms with E-state index in [1.165, 1.54) is 0 Å². The zero-order valence-electron chi connectivity index (χ0n) is 19.4. The number of esters is 1. The quantitative estimate of drug-likeness (QED) is 0.589. The molecule has 2 aliphatic rings. The van der Waals surface area contributed by atoms with Gasteiger partial charge in [0, 0.05) is 25.3 Å². The van der Waals surface area contributed by atoms with E-state index in [-0.39, 0.29) is 12.6 Å². The first kappa shape index (κ1) is 23.9. The number of hydrogen-bond acceptors (Lipinski definition) is 7. The van der Waals surface area contributed by atoms with Crippen LogP contribution in [0.1, 0.15) is 31.9 Å².